The lowest BCUT2D eigenvalue weighted by atomic mass is 10.4. The van der Waals surface area contributed by atoms with Crippen molar-refractivity contribution in [3.63, 3.8) is 0 Å². The van der Waals surface area contributed by atoms with E-state index in [1.54, 1.807) is 4.68 Å². The van der Waals surface area contributed by atoms with Crippen LogP contribution >= 0.6 is 0 Å². The van der Waals surface area contributed by atoms with Gasteiger partial charge in [-0.25, -0.2) is 9.66 Å². The molecule has 0 radical (unpaired) electrons. The Hall–Kier alpha value is -1.97. The Bertz CT molecular complexity index is 617. The van der Waals surface area contributed by atoms with Crippen LogP contribution in [0.2, 0.25) is 0 Å². The van der Waals surface area contributed by atoms with Crippen LogP contribution in [-0.2, 0) is 0 Å². The molecule has 4 heteroatoms. The molecule has 0 bridgehead atoms. The van der Waals surface area contributed by atoms with Crippen LogP contribution in [0.1, 0.15) is 5.82 Å². The first kappa shape index (κ1) is 7.44. The molecule has 3 heterocycles. The highest BCUT2D eigenvalue weighted by Crippen LogP contribution is 2.20. The van der Waals surface area contributed by atoms with Gasteiger partial charge in [-0.2, -0.15) is 0 Å². The fourth-order valence-corrected chi connectivity index (χ4v) is 1.77. The van der Waals surface area contributed by atoms with Crippen LogP contribution < -0.4 is 5.84 Å². The molecule has 0 amide bonds. The fraction of sp³-hybridized carbons (Fsp3) is 0.100. The normalized spacial score (nSPS) is 11.5. The average molecular weight is 186 g/mol. The molecular formula is C10H10N4. The third kappa shape index (κ3) is 0.750. The topological polar surface area (TPSA) is 48.2 Å². The van der Waals surface area contributed by atoms with Crippen molar-refractivity contribution in [2.75, 3.05) is 5.84 Å². The molecule has 0 fully saturated rings. The Morgan fingerprint density at radius 1 is 1.29 bits per heavy atom. The molecule has 0 saturated carbocycles. The van der Waals surface area contributed by atoms with Gasteiger partial charge in [0, 0.05) is 12.4 Å². The SMILES string of the molecule is Cc1nc2c(cn3ccccc23)n1N. The van der Waals surface area contributed by atoms with Gasteiger partial charge < -0.3 is 10.2 Å². The van der Waals surface area contributed by atoms with E-state index in [4.69, 9.17) is 5.84 Å². The van der Waals surface area contributed by atoms with Crippen LogP contribution in [0.25, 0.3) is 16.6 Å². The largest absolute Gasteiger partial charge is 0.337 e. The van der Waals surface area contributed by atoms with E-state index < -0.39 is 0 Å². The van der Waals surface area contributed by atoms with E-state index in [2.05, 4.69) is 4.98 Å². The van der Waals surface area contributed by atoms with Gasteiger partial charge in [0.1, 0.15) is 16.9 Å². The van der Waals surface area contributed by atoms with Crippen LogP contribution in [0.5, 0.6) is 0 Å². The lowest BCUT2D eigenvalue weighted by molar-refractivity contribution is 0.949. The molecule has 14 heavy (non-hydrogen) atoms. The van der Waals surface area contributed by atoms with E-state index in [-0.39, 0.29) is 0 Å². The first-order valence-corrected chi connectivity index (χ1v) is 4.47. The maximum Gasteiger partial charge on any atom is 0.125 e. The third-order valence-electron chi connectivity index (χ3n) is 2.52. The van der Waals surface area contributed by atoms with E-state index in [0.717, 1.165) is 22.4 Å². The molecule has 0 atom stereocenters. The Morgan fingerprint density at radius 3 is 3.00 bits per heavy atom. The minimum Gasteiger partial charge on any atom is -0.337 e. The summed E-state index contributed by atoms with van der Waals surface area (Å²) in [6.07, 6.45) is 3.98. The van der Waals surface area contributed by atoms with E-state index in [9.17, 15) is 0 Å². The van der Waals surface area contributed by atoms with E-state index >= 15 is 0 Å². The zero-order valence-electron chi connectivity index (χ0n) is 7.81. The Balaban J connectivity index is 2.60. The van der Waals surface area contributed by atoms with Crippen molar-refractivity contribution in [1.29, 1.82) is 0 Å². The molecule has 0 saturated heterocycles. The van der Waals surface area contributed by atoms with Gasteiger partial charge in [-0.05, 0) is 19.1 Å². The smallest absolute Gasteiger partial charge is 0.125 e. The monoisotopic (exact) mass is 186 g/mol. The first-order chi connectivity index (χ1) is 6.77. The van der Waals surface area contributed by atoms with Gasteiger partial charge in [-0.3, -0.25) is 0 Å². The number of hydrogen-bond acceptors (Lipinski definition) is 2. The second-order valence-corrected chi connectivity index (χ2v) is 3.39. The van der Waals surface area contributed by atoms with E-state index in [1.165, 1.54) is 0 Å². The Kier molecular flexibility index (Phi) is 1.21. The molecule has 0 unspecified atom stereocenters. The summed E-state index contributed by atoms with van der Waals surface area (Å²) in [6.45, 7) is 1.90. The number of nitrogens with two attached hydrogens (primary N) is 1. The molecule has 2 N–H and O–H groups in total. The first-order valence-electron chi connectivity index (χ1n) is 4.47. The lowest BCUT2D eigenvalue weighted by Gasteiger charge is -1.94. The molecule has 3 rings (SSSR count). The number of aryl methyl sites for hydroxylation is 1. The molecule has 3 aromatic heterocycles. The number of nitrogen functional groups attached to an aromatic ring is 1. The number of aromatic nitrogens is 3. The van der Waals surface area contributed by atoms with E-state index in [1.807, 2.05) is 41.9 Å². The standard InChI is InChI=1S/C10H10N4/c1-7-12-10-8-4-2-3-5-13(8)6-9(10)14(7)11/h2-6H,11H2,1H3. The summed E-state index contributed by atoms with van der Waals surface area (Å²) in [7, 11) is 0. The Labute approximate surface area is 80.5 Å². The summed E-state index contributed by atoms with van der Waals surface area (Å²) in [5, 5.41) is 0. The molecule has 70 valence electrons. The predicted octanol–water partition coefficient (Wildman–Crippen LogP) is 1.31. The van der Waals surface area contributed by atoms with Gasteiger partial charge >= 0.3 is 0 Å². The Morgan fingerprint density at radius 2 is 2.14 bits per heavy atom. The van der Waals surface area contributed by atoms with Crippen LogP contribution in [0.4, 0.5) is 0 Å². The van der Waals surface area contributed by atoms with Gasteiger partial charge in [0.05, 0.1) is 5.52 Å². The number of rotatable bonds is 0. The average Bonchev–Trinajstić information content (AvgIpc) is 2.67. The second-order valence-electron chi connectivity index (χ2n) is 3.39. The molecule has 0 aliphatic heterocycles. The zero-order valence-corrected chi connectivity index (χ0v) is 7.81. The molecule has 0 aliphatic carbocycles. The minimum absolute atomic E-state index is 0.835. The maximum absolute atomic E-state index is 5.84. The summed E-state index contributed by atoms with van der Waals surface area (Å²) in [5.41, 5.74) is 3.02. The van der Waals surface area contributed by atoms with Gasteiger partial charge in [0.25, 0.3) is 0 Å². The maximum atomic E-state index is 5.84. The lowest BCUT2D eigenvalue weighted by Crippen LogP contribution is -2.09. The second kappa shape index (κ2) is 2.29. The summed E-state index contributed by atoms with van der Waals surface area (Å²) < 4.78 is 3.64. The van der Waals surface area contributed by atoms with Gasteiger partial charge in [0.2, 0.25) is 0 Å². The van der Waals surface area contributed by atoms with Gasteiger partial charge in [-0.15, -0.1) is 0 Å². The highest BCUT2D eigenvalue weighted by atomic mass is 15.3. The summed E-state index contributed by atoms with van der Waals surface area (Å²) >= 11 is 0. The summed E-state index contributed by atoms with van der Waals surface area (Å²) in [5.74, 6) is 6.68. The van der Waals surface area contributed by atoms with Crippen LogP contribution in [0.15, 0.2) is 30.6 Å². The van der Waals surface area contributed by atoms with Crippen molar-refractivity contribution < 1.29 is 0 Å². The van der Waals surface area contributed by atoms with Crippen molar-refractivity contribution >= 4 is 16.6 Å². The minimum atomic E-state index is 0.835. The fourth-order valence-electron chi connectivity index (χ4n) is 1.77. The summed E-state index contributed by atoms with van der Waals surface area (Å²) in [6, 6.07) is 6.02. The number of nitrogens with zero attached hydrogens (tertiary/aromatic N) is 3. The highest BCUT2D eigenvalue weighted by molar-refractivity contribution is 5.92. The molecule has 0 aromatic carbocycles. The number of hydrogen-bond donors (Lipinski definition) is 1. The number of pyridine rings is 1. The molecule has 3 aromatic rings. The molecule has 0 spiro atoms. The van der Waals surface area contributed by atoms with Gasteiger partial charge in [-0.1, -0.05) is 6.07 Å². The molecule has 4 nitrogen and oxygen atoms in total. The van der Waals surface area contributed by atoms with Crippen molar-refractivity contribution in [1.82, 2.24) is 14.1 Å². The van der Waals surface area contributed by atoms with Crippen molar-refractivity contribution in [2.45, 2.75) is 6.92 Å². The number of fused-ring (bicyclic) bond motifs is 3. The molecular weight excluding hydrogens is 176 g/mol. The van der Waals surface area contributed by atoms with Crippen molar-refractivity contribution in [3.8, 4) is 0 Å². The van der Waals surface area contributed by atoms with Crippen molar-refractivity contribution in [2.24, 2.45) is 0 Å². The van der Waals surface area contributed by atoms with E-state index in [0.29, 0.717) is 0 Å². The van der Waals surface area contributed by atoms with Crippen LogP contribution in [-0.4, -0.2) is 14.1 Å². The predicted molar refractivity (Wildman–Crippen MR) is 55.6 cm³/mol. The van der Waals surface area contributed by atoms with Crippen LogP contribution in [0.3, 0.4) is 0 Å². The van der Waals surface area contributed by atoms with Crippen molar-refractivity contribution in [3.05, 3.63) is 36.4 Å². The third-order valence-corrected chi connectivity index (χ3v) is 2.52. The quantitative estimate of drug-likeness (QED) is 0.538. The zero-order chi connectivity index (χ0) is 9.71. The number of imidazole rings is 1. The van der Waals surface area contributed by atoms with Crippen LogP contribution in [0, 0.1) is 6.92 Å². The molecule has 0 aliphatic rings. The summed E-state index contributed by atoms with van der Waals surface area (Å²) in [4.78, 5) is 4.42. The highest BCUT2D eigenvalue weighted by Gasteiger charge is 2.09. The van der Waals surface area contributed by atoms with Gasteiger partial charge in [0.15, 0.2) is 0 Å².